The molecule has 0 fully saturated rings. The third-order valence-corrected chi connectivity index (χ3v) is 5.97. The van der Waals surface area contributed by atoms with Gasteiger partial charge in [-0.3, -0.25) is 4.79 Å². The lowest BCUT2D eigenvalue weighted by Gasteiger charge is -2.23. The summed E-state index contributed by atoms with van der Waals surface area (Å²) >= 11 is 0. The Morgan fingerprint density at radius 2 is 1.59 bits per heavy atom. The van der Waals surface area contributed by atoms with Crippen molar-refractivity contribution < 1.29 is 24.2 Å². The lowest BCUT2D eigenvalue weighted by atomic mass is 9.98. The zero-order chi connectivity index (χ0) is 24.7. The van der Waals surface area contributed by atoms with E-state index in [0.717, 1.165) is 22.3 Å². The number of nitrogens with one attached hydrogen (secondary N) is 2. The molecule has 0 spiro atoms. The maximum atomic E-state index is 12.6. The van der Waals surface area contributed by atoms with Gasteiger partial charge in [0.1, 0.15) is 12.6 Å². The van der Waals surface area contributed by atoms with Crippen molar-refractivity contribution in [3.05, 3.63) is 59.7 Å². The normalized spacial score (nSPS) is 13.6. The number of carbonyl (C=O) groups excluding carboxylic acids is 2. The van der Waals surface area contributed by atoms with Crippen molar-refractivity contribution in [2.45, 2.75) is 51.6 Å². The number of carboxylic acid groups (broad SMARTS) is 1. The molecule has 0 saturated carbocycles. The largest absolute Gasteiger partial charge is 0.480 e. The van der Waals surface area contributed by atoms with Crippen molar-refractivity contribution >= 4 is 18.0 Å². The molecule has 0 saturated heterocycles. The lowest BCUT2D eigenvalue weighted by molar-refractivity contribution is -0.141. The van der Waals surface area contributed by atoms with Gasteiger partial charge >= 0.3 is 12.1 Å². The summed E-state index contributed by atoms with van der Waals surface area (Å²) in [5, 5.41) is 14.5. The molecule has 3 N–H and O–H groups in total. The van der Waals surface area contributed by atoms with Crippen molar-refractivity contribution in [1.82, 2.24) is 10.6 Å². The third kappa shape index (κ3) is 5.96. The summed E-state index contributed by atoms with van der Waals surface area (Å²) in [5.74, 6) is 3.54. The Kier molecular flexibility index (Phi) is 8.31. The molecular weight excluding hydrogens is 432 g/mol. The lowest BCUT2D eigenvalue weighted by Crippen LogP contribution is -2.46. The van der Waals surface area contributed by atoms with Crippen LogP contribution in [0.5, 0.6) is 0 Å². The molecule has 0 aromatic heterocycles. The van der Waals surface area contributed by atoms with Gasteiger partial charge in [0.15, 0.2) is 0 Å². The van der Waals surface area contributed by atoms with E-state index in [-0.39, 0.29) is 31.3 Å². The maximum absolute atomic E-state index is 12.6. The Hall–Kier alpha value is -3.79. The quantitative estimate of drug-likeness (QED) is 0.490. The first-order valence-electron chi connectivity index (χ1n) is 11.3. The zero-order valence-electron chi connectivity index (χ0n) is 19.6. The van der Waals surface area contributed by atoms with Gasteiger partial charge in [0.05, 0.1) is 0 Å². The third-order valence-electron chi connectivity index (χ3n) is 5.97. The van der Waals surface area contributed by atoms with Gasteiger partial charge in [-0.05, 0) is 35.1 Å². The fourth-order valence-corrected chi connectivity index (χ4v) is 4.10. The van der Waals surface area contributed by atoms with E-state index < -0.39 is 30.1 Å². The number of ether oxygens (including phenoxy) is 1. The maximum Gasteiger partial charge on any atom is 0.407 e. The van der Waals surface area contributed by atoms with Gasteiger partial charge in [-0.1, -0.05) is 62.4 Å². The van der Waals surface area contributed by atoms with Gasteiger partial charge < -0.3 is 20.5 Å². The van der Waals surface area contributed by atoms with E-state index in [1.54, 1.807) is 6.92 Å². The molecule has 0 aliphatic heterocycles. The number of hydrogen-bond donors (Lipinski definition) is 3. The van der Waals surface area contributed by atoms with E-state index in [1.165, 1.54) is 0 Å². The summed E-state index contributed by atoms with van der Waals surface area (Å²) in [6.45, 7) is 5.53. The molecule has 7 nitrogen and oxygen atoms in total. The van der Waals surface area contributed by atoms with Gasteiger partial charge in [-0.15, -0.1) is 11.8 Å². The average molecular weight is 463 g/mol. The molecule has 2 amide bonds. The standard InChI is InChI=1S/C27H30N2O5/c1-4-5-14-23(26(31)32)28-25(30)15-24(17(2)3)29-27(33)34-16-22-20-12-8-6-10-18(20)19-11-7-9-13-21(19)22/h6-13,17,22-24H,14-16H2,1-3H3,(H,28,30)(H,29,33)(H,31,32)/t23?,24-/m1/s1. The van der Waals surface area contributed by atoms with E-state index in [0.29, 0.717) is 0 Å². The van der Waals surface area contributed by atoms with Gasteiger partial charge in [0, 0.05) is 24.8 Å². The number of carboxylic acids is 1. The van der Waals surface area contributed by atoms with Crippen molar-refractivity contribution in [2.24, 2.45) is 5.92 Å². The van der Waals surface area contributed by atoms with E-state index in [9.17, 15) is 19.5 Å². The first-order valence-corrected chi connectivity index (χ1v) is 11.3. The van der Waals surface area contributed by atoms with Crippen molar-refractivity contribution in [3.8, 4) is 23.0 Å². The summed E-state index contributed by atoms with van der Waals surface area (Å²) in [6.07, 6.45) is -0.658. The molecule has 1 aliphatic carbocycles. The van der Waals surface area contributed by atoms with Crippen LogP contribution in [0.1, 0.15) is 50.7 Å². The summed E-state index contributed by atoms with van der Waals surface area (Å²) in [5.41, 5.74) is 4.52. The molecule has 0 radical (unpaired) electrons. The zero-order valence-corrected chi connectivity index (χ0v) is 19.6. The Labute approximate surface area is 199 Å². The number of carbonyl (C=O) groups is 3. The minimum Gasteiger partial charge on any atom is -0.480 e. The molecule has 1 aliphatic rings. The Morgan fingerprint density at radius 3 is 2.12 bits per heavy atom. The molecule has 178 valence electrons. The summed E-state index contributed by atoms with van der Waals surface area (Å²) in [4.78, 5) is 36.4. The fraction of sp³-hybridized carbons (Fsp3) is 0.370. The number of rotatable bonds is 9. The van der Waals surface area contributed by atoms with Crippen LogP contribution in [0.4, 0.5) is 4.79 Å². The van der Waals surface area contributed by atoms with Crippen LogP contribution >= 0.6 is 0 Å². The van der Waals surface area contributed by atoms with Crippen molar-refractivity contribution in [3.63, 3.8) is 0 Å². The van der Waals surface area contributed by atoms with Gasteiger partial charge in [-0.2, -0.15) is 0 Å². The predicted octanol–water partition coefficient (Wildman–Crippen LogP) is 3.92. The highest BCUT2D eigenvalue weighted by Gasteiger charge is 2.30. The van der Waals surface area contributed by atoms with Gasteiger partial charge in [0.2, 0.25) is 5.91 Å². The molecule has 2 aromatic rings. The minimum atomic E-state index is -1.15. The molecule has 7 heteroatoms. The topological polar surface area (TPSA) is 105 Å². The molecule has 3 rings (SSSR count). The molecular formula is C27H30N2O5. The summed E-state index contributed by atoms with van der Waals surface area (Å²) < 4.78 is 5.58. The molecule has 1 unspecified atom stereocenters. The Morgan fingerprint density at radius 1 is 1.00 bits per heavy atom. The monoisotopic (exact) mass is 462 g/mol. The second-order valence-corrected chi connectivity index (χ2v) is 8.61. The van der Waals surface area contributed by atoms with Crippen LogP contribution in [-0.4, -0.2) is 41.8 Å². The fourth-order valence-electron chi connectivity index (χ4n) is 4.10. The average Bonchev–Trinajstić information content (AvgIpc) is 3.13. The number of benzene rings is 2. The smallest absolute Gasteiger partial charge is 0.407 e. The Balaban J connectivity index is 1.60. The van der Waals surface area contributed by atoms with Crippen LogP contribution in [0, 0.1) is 17.8 Å². The van der Waals surface area contributed by atoms with Crippen LogP contribution in [0.15, 0.2) is 48.5 Å². The second-order valence-electron chi connectivity index (χ2n) is 8.61. The predicted molar refractivity (Wildman–Crippen MR) is 129 cm³/mol. The molecule has 2 aromatic carbocycles. The first-order chi connectivity index (χ1) is 16.3. The molecule has 2 atom stereocenters. The highest BCUT2D eigenvalue weighted by Crippen LogP contribution is 2.44. The molecule has 0 bridgehead atoms. The summed E-state index contributed by atoms with van der Waals surface area (Å²) in [6, 6.07) is 14.6. The number of hydrogen-bond acceptors (Lipinski definition) is 4. The molecule has 34 heavy (non-hydrogen) atoms. The summed E-state index contributed by atoms with van der Waals surface area (Å²) in [7, 11) is 0. The van der Waals surface area contributed by atoms with Gasteiger partial charge in [0.25, 0.3) is 0 Å². The van der Waals surface area contributed by atoms with Crippen LogP contribution < -0.4 is 10.6 Å². The van der Waals surface area contributed by atoms with E-state index in [1.807, 2.05) is 50.2 Å². The highest BCUT2D eigenvalue weighted by atomic mass is 16.5. The number of fused-ring (bicyclic) bond motifs is 3. The molecule has 0 heterocycles. The Bertz CT molecular complexity index is 1070. The van der Waals surface area contributed by atoms with Crippen LogP contribution in [0.3, 0.4) is 0 Å². The SMILES string of the molecule is CC#CCC(NC(=O)C[C@@H](NC(=O)OCC1c2ccccc2-c2ccccc21)C(C)C)C(=O)O. The number of alkyl carbamates (subject to hydrolysis) is 1. The van der Waals surface area contributed by atoms with E-state index in [2.05, 4.69) is 34.6 Å². The minimum absolute atomic E-state index is 0.0176. The van der Waals surface area contributed by atoms with Gasteiger partial charge in [-0.25, -0.2) is 9.59 Å². The van der Waals surface area contributed by atoms with Crippen molar-refractivity contribution in [2.75, 3.05) is 6.61 Å². The number of amides is 2. The van der Waals surface area contributed by atoms with E-state index in [4.69, 9.17) is 4.74 Å². The highest BCUT2D eigenvalue weighted by molar-refractivity contribution is 5.84. The van der Waals surface area contributed by atoms with Crippen LogP contribution in [-0.2, 0) is 14.3 Å². The van der Waals surface area contributed by atoms with E-state index >= 15 is 0 Å². The van der Waals surface area contributed by atoms with Crippen molar-refractivity contribution in [1.29, 1.82) is 0 Å². The van der Waals surface area contributed by atoms with Crippen LogP contribution in [0.2, 0.25) is 0 Å². The van der Waals surface area contributed by atoms with Crippen LogP contribution in [0.25, 0.3) is 11.1 Å². The number of aliphatic carboxylic acids is 1. The second kappa shape index (κ2) is 11.4. The first kappa shape index (κ1) is 24.8.